The van der Waals surface area contributed by atoms with E-state index in [0.717, 1.165) is 62.8 Å². The highest BCUT2D eigenvalue weighted by Crippen LogP contribution is 2.25. The lowest BCUT2D eigenvalue weighted by molar-refractivity contribution is -1.02. The van der Waals surface area contributed by atoms with Gasteiger partial charge in [0.05, 0.1) is 6.61 Å². The van der Waals surface area contributed by atoms with E-state index in [4.69, 9.17) is 16.3 Å². The minimum absolute atomic E-state index is 0.0578. The number of hydrogen-bond donors (Lipinski definition) is 3. The molecule has 148 valence electrons. The van der Waals surface area contributed by atoms with E-state index in [0.29, 0.717) is 11.6 Å². The zero-order valence-electron chi connectivity index (χ0n) is 16.3. The highest BCUT2D eigenvalue weighted by Gasteiger charge is 2.25. The Balaban J connectivity index is 1.25. The predicted octanol–water partition coefficient (Wildman–Crippen LogP) is 0.505. The minimum atomic E-state index is 0.0578. The quantitative estimate of drug-likeness (QED) is 0.683. The summed E-state index contributed by atoms with van der Waals surface area (Å²) in [5.74, 6) is 1.11. The van der Waals surface area contributed by atoms with Gasteiger partial charge in [0.25, 0.3) is 5.91 Å². The number of piperazine rings is 1. The van der Waals surface area contributed by atoms with Gasteiger partial charge in [-0.3, -0.25) is 4.79 Å². The van der Waals surface area contributed by atoms with Gasteiger partial charge in [-0.1, -0.05) is 17.7 Å². The maximum Gasteiger partial charge on any atom is 0.279 e. The summed E-state index contributed by atoms with van der Waals surface area (Å²) in [5, 5.41) is 3.69. The summed E-state index contributed by atoms with van der Waals surface area (Å²) in [5.41, 5.74) is 4.45. The first-order valence-corrected chi connectivity index (χ1v) is 10.4. The fourth-order valence-electron chi connectivity index (χ4n) is 4.11. The molecule has 2 aliphatic rings. The molecule has 0 spiro atoms. The normalized spacial score (nSPS) is 21.1. The molecule has 1 fully saturated rings. The monoisotopic (exact) mass is 401 g/mol. The molecule has 0 saturated carbocycles. The number of halogens is 1. The first-order valence-electron chi connectivity index (χ1n) is 10.0. The molecule has 0 atom stereocenters. The molecule has 4 rings (SSSR count). The van der Waals surface area contributed by atoms with E-state index in [1.807, 2.05) is 25.1 Å². The average molecular weight is 402 g/mol. The van der Waals surface area contributed by atoms with Crippen molar-refractivity contribution in [1.29, 1.82) is 0 Å². The molecule has 0 radical (unpaired) electrons. The van der Waals surface area contributed by atoms with Gasteiger partial charge in [0.1, 0.15) is 38.5 Å². The zero-order chi connectivity index (χ0) is 19.5. The summed E-state index contributed by atoms with van der Waals surface area (Å²) in [7, 11) is 0. The van der Waals surface area contributed by atoms with Crippen LogP contribution in [0.4, 0.5) is 5.69 Å². The molecule has 0 aromatic heterocycles. The van der Waals surface area contributed by atoms with Crippen molar-refractivity contribution in [3.05, 3.63) is 58.1 Å². The van der Waals surface area contributed by atoms with Crippen molar-refractivity contribution < 1.29 is 19.3 Å². The van der Waals surface area contributed by atoms with E-state index >= 15 is 0 Å². The van der Waals surface area contributed by atoms with Crippen LogP contribution in [0.1, 0.15) is 16.7 Å². The van der Waals surface area contributed by atoms with Gasteiger partial charge < -0.3 is 19.9 Å². The van der Waals surface area contributed by atoms with Crippen LogP contribution in [0.5, 0.6) is 5.75 Å². The standard InChI is InChI=1S/C22H26ClN3O2/c1-16-19(23)3-2-4-20(16)24-22(27)15-26-10-8-25(9-11-26)14-17-5-6-21-18(13-17)7-12-28-21/h2-6,13H,7-12,14-15H2,1H3,(H,24,27)/p+2. The molecule has 6 heteroatoms. The maximum atomic E-state index is 12.4. The van der Waals surface area contributed by atoms with Gasteiger partial charge in [0.2, 0.25) is 0 Å². The third-order valence-electron chi connectivity index (χ3n) is 5.82. The number of amides is 1. The zero-order valence-corrected chi connectivity index (χ0v) is 17.1. The summed E-state index contributed by atoms with van der Waals surface area (Å²) in [6, 6.07) is 12.2. The second-order valence-electron chi connectivity index (χ2n) is 7.85. The van der Waals surface area contributed by atoms with Crippen LogP contribution in [0.3, 0.4) is 0 Å². The van der Waals surface area contributed by atoms with Crippen LogP contribution in [0, 0.1) is 6.92 Å². The lowest BCUT2D eigenvalue weighted by Crippen LogP contribution is -3.28. The van der Waals surface area contributed by atoms with Gasteiger partial charge in [-0.05, 0) is 48.4 Å². The van der Waals surface area contributed by atoms with Gasteiger partial charge in [0, 0.05) is 22.7 Å². The SMILES string of the molecule is Cc1c(Cl)cccc1NC(=O)C[NH+]1CC[NH+](Cc2ccc3c(c2)CCO3)CC1. The number of rotatable bonds is 5. The lowest BCUT2D eigenvalue weighted by Gasteiger charge is -2.29. The third kappa shape index (κ3) is 4.49. The topological polar surface area (TPSA) is 47.2 Å². The molecule has 3 N–H and O–H groups in total. The Bertz CT molecular complexity index is 863. The second-order valence-corrected chi connectivity index (χ2v) is 8.26. The van der Waals surface area contributed by atoms with Crippen LogP contribution in [0.2, 0.25) is 5.02 Å². The van der Waals surface area contributed by atoms with Gasteiger partial charge in [-0.2, -0.15) is 0 Å². The molecular formula is C22H28ClN3O2+2. The molecule has 2 aromatic carbocycles. The molecule has 1 amide bonds. The summed E-state index contributed by atoms with van der Waals surface area (Å²) in [6.07, 6.45) is 1.03. The van der Waals surface area contributed by atoms with Crippen molar-refractivity contribution in [3.8, 4) is 5.75 Å². The van der Waals surface area contributed by atoms with Crippen LogP contribution in [0.25, 0.3) is 0 Å². The number of benzene rings is 2. The molecule has 5 nitrogen and oxygen atoms in total. The number of fused-ring (bicyclic) bond motifs is 1. The molecule has 2 heterocycles. The minimum Gasteiger partial charge on any atom is -0.493 e. The van der Waals surface area contributed by atoms with Crippen molar-refractivity contribution in [3.63, 3.8) is 0 Å². The van der Waals surface area contributed by atoms with Gasteiger partial charge >= 0.3 is 0 Å². The molecule has 2 aliphatic heterocycles. The summed E-state index contributed by atoms with van der Waals surface area (Å²) in [4.78, 5) is 15.4. The van der Waals surface area contributed by atoms with Crippen LogP contribution < -0.4 is 19.9 Å². The molecule has 0 bridgehead atoms. The fourth-order valence-corrected chi connectivity index (χ4v) is 4.29. The van der Waals surface area contributed by atoms with Crippen LogP contribution in [-0.2, 0) is 17.8 Å². The van der Waals surface area contributed by atoms with E-state index in [-0.39, 0.29) is 5.91 Å². The van der Waals surface area contributed by atoms with E-state index in [1.165, 1.54) is 16.0 Å². The van der Waals surface area contributed by atoms with E-state index in [9.17, 15) is 4.79 Å². The summed E-state index contributed by atoms with van der Waals surface area (Å²) in [6.45, 7) is 8.52. The predicted molar refractivity (Wildman–Crippen MR) is 110 cm³/mol. The van der Waals surface area contributed by atoms with E-state index in [1.54, 1.807) is 4.90 Å². The molecule has 1 saturated heterocycles. The highest BCUT2D eigenvalue weighted by atomic mass is 35.5. The Kier molecular flexibility index (Phi) is 5.85. The van der Waals surface area contributed by atoms with Crippen molar-refractivity contribution in [1.82, 2.24) is 0 Å². The van der Waals surface area contributed by atoms with E-state index < -0.39 is 0 Å². The fraction of sp³-hybridized carbons (Fsp3) is 0.409. The molecule has 2 aromatic rings. The number of quaternary nitrogens is 2. The smallest absolute Gasteiger partial charge is 0.279 e. The van der Waals surface area contributed by atoms with Crippen LogP contribution in [0.15, 0.2) is 36.4 Å². The highest BCUT2D eigenvalue weighted by molar-refractivity contribution is 6.31. The maximum absolute atomic E-state index is 12.4. The molecular weight excluding hydrogens is 374 g/mol. The van der Waals surface area contributed by atoms with Crippen molar-refractivity contribution in [2.45, 2.75) is 19.9 Å². The first-order chi connectivity index (χ1) is 13.6. The Morgan fingerprint density at radius 1 is 1.14 bits per heavy atom. The van der Waals surface area contributed by atoms with Crippen molar-refractivity contribution >= 4 is 23.2 Å². The Labute approximate surface area is 171 Å². The number of carbonyl (C=O) groups is 1. The Morgan fingerprint density at radius 2 is 1.93 bits per heavy atom. The number of nitrogens with one attached hydrogen (secondary N) is 3. The molecule has 0 unspecified atom stereocenters. The largest absolute Gasteiger partial charge is 0.493 e. The number of hydrogen-bond acceptors (Lipinski definition) is 2. The number of carbonyl (C=O) groups excluding carboxylic acids is 1. The average Bonchev–Trinajstić information content (AvgIpc) is 3.15. The van der Waals surface area contributed by atoms with Crippen LogP contribution >= 0.6 is 11.6 Å². The van der Waals surface area contributed by atoms with Gasteiger partial charge in [-0.25, -0.2) is 0 Å². The molecule has 28 heavy (non-hydrogen) atoms. The lowest BCUT2D eigenvalue weighted by atomic mass is 10.1. The summed E-state index contributed by atoms with van der Waals surface area (Å²) < 4.78 is 5.60. The van der Waals surface area contributed by atoms with Crippen molar-refractivity contribution in [2.24, 2.45) is 0 Å². The third-order valence-corrected chi connectivity index (χ3v) is 6.23. The van der Waals surface area contributed by atoms with E-state index in [2.05, 4.69) is 23.5 Å². The summed E-state index contributed by atoms with van der Waals surface area (Å²) >= 11 is 6.14. The Hall–Kier alpha value is -2.08. The van der Waals surface area contributed by atoms with Gasteiger partial charge in [0.15, 0.2) is 6.54 Å². The van der Waals surface area contributed by atoms with Gasteiger partial charge in [-0.15, -0.1) is 0 Å². The molecule has 0 aliphatic carbocycles. The number of anilines is 1. The Morgan fingerprint density at radius 3 is 2.75 bits per heavy atom. The van der Waals surface area contributed by atoms with Crippen LogP contribution in [-0.4, -0.2) is 45.2 Å². The van der Waals surface area contributed by atoms with Crippen molar-refractivity contribution in [2.75, 3.05) is 44.6 Å². The second kappa shape index (κ2) is 8.52. The number of ether oxygens (including phenoxy) is 1. The first kappa shape index (κ1) is 19.2.